The molecule has 0 atom stereocenters. The lowest BCUT2D eigenvalue weighted by molar-refractivity contribution is 0.296. The molecule has 6 nitrogen and oxygen atoms in total. The van der Waals surface area contributed by atoms with E-state index in [1.165, 1.54) is 5.56 Å². The van der Waals surface area contributed by atoms with E-state index in [-0.39, 0.29) is 24.0 Å². The van der Waals surface area contributed by atoms with Crippen LogP contribution >= 0.6 is 24.0 Å². The number of nitrogens with one attached hydrogen (secondary N) is 1. The fourth-order valence-corrected chi connectivity index (χ4v) is 2.81. The molecule has 0 aliphatic carbocycles. The molecule has 0 aromatic heterocycles. The normalized spacial score (nSPS) is 11.1. The second kappa shape index (κ2) is 12.5. The number of benzene rings is 2. The fourth-order valence-electron chi connectivity index (χ4n) is 2.81. The summed E-state index contributed by atoms with van der Waals surface area (Å²) >= 11 is 0. The highest BCUT2D eigenvalue weighted by molar-refractivity contribution is 14.0. The van der Waals surface area contributed by atoms with Gasteiger partial charge in [0.05, 0.1) is 20.8 Å². The van der Waals surface area contributed by atoms with E-state index in [0.29, 0.717) is 24.0 Å². The molecule has 0 unspecified atom stereocenters. The molecular weight excluding hydrogens is 467 g/mol. The highest BCUT2D eigenvalue weighted by atomic mass is 127. The lowest BCUT2D eigenvalue weighted by atomic mass is 10.1. The van der Waals surface area contributed by atoms with Crippen LogP contribution in [-0.2, 0) is 13.1 Å². The SMILES string of the molecule is CCN(CC)Cc1cccc(CN=C(N)Nc2ccc(OC)c(OC)c2)c1.I. The lowest BCUT2D eigenvalue weighted by Gasteiger charge is -2.18. The maximum atomic E-state index is 6.04. The number of ether oxygens (including phenoxy) is 2. The van der Waals surface area contributed by atoms with Crippen molar-refractivity contribution >= 4 is 35.6 Å². The van der Waals surface area contributed by atoms with E-state index >= 15 is 0 Å². The van der Waals surface area contributed by atoms with E-state index in [1.807, 2.05) is 18.2 Å². The maximum Gasteiger partial charge on any atom is 0.193 e. The van der Waals surface area contributed by atoms with Gasteiger partial charge in [0.25, 0.3) is 0 Å². The fraction of sp³-hybridized carbons (Fsp3) is 0.381. The van der Waals surface area contributed by atoms with Crippen LogP contribution in [0.3, 0.4) is 0 Å². The van der Waals surface area contributed by atoms with Crippen molar-refractivity contribution in [3.05, 3.63) is 53.6 Å². The molecule has 0 spiro atoms. The summed E-state index contributed by atoms with van der Waals surface area (Å²) in [5.74, 6) is 1.67. The third-order valence-electron chi connectivity index (χ3n) is 4.38. The Bertz CT molecular complexity index is 764. The number of guanidine groups is 1. The Labute approximate surface area is 185 Å². The number of aliphatic imine (C=N–C) groups is 1. The van der Waals surface area contributed by atoms with E-state index in [0.717, 1.165) is 30.9 Å². The summed E-state index contributed by atoms with van der Waals surface area (Å²) in [5, 5.41) is 3.09. The van der Waals surface area contributed by atoms with Gasteiger partial charge in [0.2, 0.25) is 0 Å². The highest BCUT2D eigenvalue weighted by Crippen LogP contribution is 2.29. The highest BCUT2D eigenvalue weighted by Gasteiger charge is 2.05. The van der Waals surface area contributed by atoms with Crippen molar-refractivity contribution in [3.8, 4) is 11.5 Å². The zero-order valence-corrected chi connectivity index (χ0v) is 19.4. The standard InChI is InChI=1S/C21H30N4O2.HI/c1-5-25(6-2)15-17-9-7-8-16(12-17)14-23-21(22)24-18-10-11-19(26-3)20(13-18)27-4;/h7-13H,5-6,14-15H2,1-4H3,(H3,22,23,24);1H. The molecule has 2 aromatic rings. The average Bonchev–Trinajstić information content (AvgIpc) is 2.70. The van der Waals surface area contributed by atoms with Crippen molar-refractivity contribution in [1.82, 2.24) is 4.90 Å². The van der Waals surface area contributed by atoms with Gasteiger partial charge in [0.1, 0.15) is 0 Å². The van der Waals surface area contributed by atoms with Crippen molar-refractivity contribution in [2.75, 3.05) is 32.6 Å². The van der Waals surface area contributed by atoms with Gasteiger partial charge in [-0.05, 0) is 36.3 Å². The molecular formula is C21H31IN4O2. The van der Waals surface area contributed by atoms with Crippen LogP contribution in [0.25, 0.3) is 0 Å². The van der Waals surface area contributed by atoms with Crippen molar-refractivity contribution < 1.29 is 9.47 Å². The summed E-state index contributed by atoms with van der Waals surface area (Å²) in [5.41, 5.74) is 9.26. The summed E-state index contributed by atoms with van der Waals surface area (Å²) in [6.45, 7) is 7.92. The van der Waals surface area contributed by atoms with E-state index in [1.54, 1.807) is 14.2 Å². The molecule has 2 rings (SSSR count). The molecule has 0 radical (unpaired) electrons. The Balaban J connectivity index is 0.00000392. The van der Waals surface area contributed by atoms with Crippen molar-refractivity contribution in [2.24, 2.45) is 10.7 Å². The Morgan fingerprint density at radius 1 is 1.00 bits per heavy atom. The Morgan fingerprint density at radius 2 is 1.68 bits per heavy atom. The molecule has 0 saturated carbocycles. The van der Waals surface area contributed by atoms with E-state index < -0.39 is 0 Å². The minimum Gasteiger partial charge on any atom is -0.493 e. The number of methoxy groups -OCH3 is 2. The van der Waals surface area contributed by atoms with Crippen molar-refractivity contribution in [3.63, 3.8) is 0 Å². The first-order chi connectivity index (χ1) is 13.1. The molecule has 154 valence electrons. The largest absolute Gasteiger partial charge is 0.493 e. The number of hydrogen-bond donors (Lipinski definition) is 2. The summed E-state index contributed by atoms with van der Waals surface area (Å²) in [7, 11) is 3.21. The number of halogens is 1. The molecule has 0 saturated heterocycles. The van der Waals surface area contributed by atoms with Gasteiger partial charge in [-0.1, -0.05) is 38.1 Å². The van der Waals surface area contributed by atoms with Crippen molar-refractivity contribution in [1.29, 1.82) is 0 Å². The van der Waals surface area contributed by atoms with E-state index in [4.69, 9.17) is 15.2 Å². The Kier molecular flexibility index (Phi) is 10.7. The number of hydrogen-bond acceptors (Lipinski definition) is 4. The molecule has 0 aliphatic rings. The van der Waals surface area contributed by atoms with Gasteiger partial charge >= 0.3 is 0 Å². The quantitative estimate of drug-likeness (QED) is 0.310. The second-order valence-electron chi connectivity index (χ2n) is 6.18. The van der Waals surface area contributed by atoms with E-state index in [9.17, 15) is 0 Å². The molecule has 0 amide bonds. The summed E-state index contributed by atoms with van der Waals surface area (Å²) < 4.78 is 10.5. The summed E-state index contributed by atoms with van der Waals surface area (Å²) in [4.78, 5) is 6.83. The Hall–Kier alpha value is -2.00. The number of nitrogens with two attached hydrogens (primary N) is 1. The van der Waals surface area contributed by atoms with E-state index in [2.05, 4.69) is 53.3 Å². The molecule has 0 bridgehead atoms. The summed E-state index contributed by atoms with van der Waals surface area (Å²) in [6, 6.07) is 14.0. The molecule has 0 heterocycles. The minimum absolute atomic E-state index is 0. The van der Waals surface area contributed by atoms with Gasteiger partial charge in [-0.15, -0.1) is 24.0 Å². The number of rotatable bonds is 9. The monoisotopic (exact) mass is 498 g/mol. The van der Waals surface area contributed by atoms with Crippen LogP contribution in [0, 0.1) is 0 Å². The van der Waals surface area contributed by atoms with Gasteiger partial charge in [0, 0.05) is 18.3 Å². The van der Waals surface area contributed by atoms with Crippen LogP contribution in [0.2, 0.25) is 0 Å². The third kappa shape index (κ3) is 7.20. The molecule has 7 heteroatoms. The van der Waals surface area contributed by atoms with Crippen molar-refractivity contribution in [2.45, 2.75) is 26.9 Å². The zero-order valence-electron chi connectivity index (χ0n) is 17.1. The Morgan fingerprint density at radius 3 is 2.32 bits per heavy atom. The number of nitrogens with zero attached hydrogens (tertiary/aromatic N) is 2. The van der Waals surface area contributed by atoms with Gasteiger partial charge < -0.3 is 20.5 Å². The molecule has 0 fully saturated rings. The third-order valence-corrected chi connectivity index (χ3v) is 4.38. The van der Waals surface area contributed by atoms with Crippen LogP contribution in [0.15, 0.2) is 47.5 Å². The van der Waals surface area contributed by atoms with Gasteiger partial charge in [0.15, 0.2) is 17.5 Å². The molecule has 3 N–H and O–H groups in total. The van der Waals surface area contributed by atoms with Crippen LogP contribution in [0.5, 0.6) is 11.5 Å². The minimum atomic E-state index is 0. The van der Waals surface area contributed by atoms with Gasteiger partial charge in [-0.2, -0.15) is 0 Å². The molecule has 28 heavy (non-hydrogen) atoms. The molecule has 0 aliphatic heterocycles. The average molecular weight is 498 g/mol. The number of anilines is 1. The smallest absolute Gasteiger partial charge is 0.193 e. The predicted octanol–water partition coefficient (Wildman–Crippen LogP) is 4.09. The molecule has 2 aromatic carbocycles. The first kappa shape index (κ1) is 24.0. The lowest BCUT2D eigenvalue weighted by Crippen LogP contribution is -2.23. The second-order valence-corrected chi connectivity index (χ2v) is 6.18. The topological polar surface area (TPSA) is 72.1 Å². The van der Waals surface area contributed by atoms with Gasteiger partial charge in [-0.25, -0.2) is 4.99 Å². The summed E-state index contributed by atoms with van der Waals surface area (Å²) in [6.07, 6.45) is 0. The first-order valence-corrected chi connectivity index (χ1v) is 9.18. The van der Waals surface area contributed by atoms with Crippen LogP contribution in [-0.4, -0.2) is 38.2 Å². The first-order valence-electron chi connectivity index (χ1n) is 9.18. The maximum absolute atomic E-state index is 6.04. The van der Waals surface area contributed by atoms with Crippen LogP contribution < -0.4 is 20.5 Å². The van der Waals surface area contributed by atoms with Crippen LogP contribution in [0.4, 0.5) is 5.69 Å². The predicted molar refractivity (Wildman–Crippen MR) is 127 cm³/mol. The van der Waals surface area contributed by atoms with Crippen LogP contribution in [0.1, 0.15) is 25.0 Å². The zero-order chi connectivity index (χ0) is 19.6. The van der Waals surface area contributed by atoms with Gasteiger partial charge in [-0.3, -0.25) is 4.90 Å².